The molecule has 192 valence electrons. The van der Waals surface area contributed by atoms with Gasteiger partial charge >= 0.3 is 0 Å². The van der Waals surface area contributed by atoms with E-state index in [4.69, 9.17) is 4.74 Å². The Bertz CT molecular complexity index is 1350. The van der Waals surface area contributed by atoms with Crippen molar-refractivity contribution in [3.8, 4) is 17.0 Å². The quantitative estimate of drug-likeness (QED) is 0.305. The molecule has 1 fully saturated rings. The molecule has 1 aliphatic rings. The van der Waals surface area contributed by atoms with Crippen molar-refractivity contribution < 1.29 is 14.3 Å². The highest BCUT2D eigenvalue weighted by atomic mass is 16.5. The summed E-state index contributed by atoms with van der Waals surface area (Å²) >= 11 is 0. The van der Waals surface area contributed by atoms with Gasteiger partial charge in [0.05, 0.1) is 5.69 Å². The Morgan fingerprint density at radius 3 is 2.08 bits per heavy atom. The number of benzene rings is 3. The molecule has 38 heavy (non-hydrogen) atoms. The molecule has 1 saturated heterocycles. The Balaban J connectivity index is 1.12. The summed E-state index contributed by atoms with van der Waals surface area (Å²) in [5.41, 5.74) is 3.58. The summed E-state index contributed by atoms with van der Waals surface area (Å²) in [5, 5.41) is 11.7. The largest absolute Gasteiger partial charge is 0.484 e. The Labute approximate surface area is 222 Å². The number of amides is 1. The maximum atomic E-state index is 12.5. The lowest BCUT2D eigenvalue weighted by Crippen LogP contribution is -2.25. The first kappa shape index (κ1) is 25.1. The number of hydrogen-bond donors (Lipinski definition) is 1. The number of nitrogens with one attached hydrogen (secondary N) is 1. The van der Waals surface area contributed by atoms with Crippen LogP contribution in [0.1, 0.15) is 41.6 Å². The van der Waals surface area contributed by atoms with Crippen LogP contribution < -0.4 is 15.0 Å². The van der Waals surface area contributed by atoms with E-state index in [-0.39, 0.29) is 18.3 Å². The predicted molar refractivity (Wildman–Crippen MR) is 149 cm³/mol. The zero-order valence-corrected chi connectivity index (χ0v) is 21.2. The molecule has 0 spiro atoms. The number of hydrogen-bond acceptors (Lipinski definition) is 6. The molecule has 0 radical (unpaired) electrons. The van der Waals surface area contributed by atoms with Gasteiger partial charge in [0.1, 0.15) is 5.75 Å². The monoisotopic (exact) mass is 506 g/mol. The normalized spacial score (nSPS) is 13.4. The lowest BCUT2D eigenvalue weighted by molar-refractivity contribution is -0.118. The van der Waals surface area contributed by atoms with Crippen LogP contribution in [0.3, 0.4) is 0 Å². The lowest BCUT2D eigenvalue weighted by Gasteiger charge is -2.20. The number of ether oxygens (including phenoxy) is 1. The van der Waals surface area contributed by atoms with Gasteiger partial charge in [0.25, 0.3) is 5.91 Å². The first-order valence-corrected chi connectivity index (χ1v) is 13.0. The van der Waals surface area contributed by atoms with Gasteiger partial charge in [-0.15, -0.1) is 10.2 Å². The number of rotatable bonds is 8. The summed E-state index contributed by atoms with van der Waals surface area (Å²) in [6.07, 6.45) is 4.95. The molecule has 7 heteroatoms. The van der Waals surface area contributed by atoms with Gasteiger partial charge in [-0.2, -0.15) is 0 Å². The zero-order valence-electron chi connectivity index (χ0n) is 21.2. The summed E-state index contributed by atoms with van der Waals surface area (Å²) in [6, 6.07) is 27.4. The second-order valence-electron chi connectivity index (χ2n) is 9.31. The number of aromatic nitrogens is 2. The van der Waals surface area contributed by atoms with Crippen LogP contribution in [0.25, 0.3) is 11.3 Å². The summed E-state index contributed by atoms with van der Waals surface area (Å²) in [4.78, 5) is 27.2. The highest BCUT2D eigenvalue weighted by Gasteiger charge is 2.12. The minimum absolute atomic E-state index is 0.0577. The van der Waals surface area contributed by atoms with Crippen molar-refractivity contribution in [3.05, 3.63) is 102 Å². The molecule has 0 saturated carbocycles. The van der Waals surface area contributed by atoms with E-state index in [0.717, 1.165) is 30.2 Å². The number of anilines is 2. The molecule has 2 heterocycles. The van der Waals surface area contributed by atoms with Crippen molar-refractivity contribution in [2.24, 2.45) is 0 Å². The molecular formula is C31H30N4O3. The number of nitrogens with zero attached hydrogens (tertiary/aromatic N) is 3. The molecule has 0 atom stereocenters. The van der Waals surface area contributed by atoms with E-state index in [1.54, 1.807) is 36.4 Å². The van der Waals surface area contributed by atoms with Crippen molar-refractivity contribution in [3.63, 3.8) is 0 Å². The third kappa shape index (κ3) is 6.42. The van der Waals surface area contributed by atoms with Gasteiger partial charge in [0.15, 0.2) is 18.2 Å². The van der Waals surface area contributed by atoms with Crippen LogP contribution in [0, 0.1) is 0 Å². The average Bonchev–Trinajstić information content (AvgIpc) is 3.27. The maximum absolute atomic E-state index is 12.5. The van der Waals surface area contributed by atoms with Gasteiger partial charge < -0.3 is 15.0 Å². The van der Waals surface area contributed by atoms with Crippen LogP contribution in [0.2, 0.25) is 0 Å². The first-order valence-electron chi connectivity index (χ1n) is 13.0. The molecule has 3 aromatic carbocycles. The molecule has 0 aliphatic carbocycles. The molecule has 5 rings (SSSR count). The first-order chi connectivity index (χ1) is 18.7. The number of carbonyl (C=O) groups is 2. The van der Waals surface area contributed by atoms with Gasteiger partial charge in [-0.25, -0.2) is 0 Å². The van der Waals surface area contributed by atoms with Gasteiger partial charge in [0, 0.05) is 35.5 Å². The van der Waals surface area contributed by atoms with Crippen LogP contribution in [0.5, 0.6) is 5.75 Å². The third-order valence-corrected chi connectivity index (χ3v) is 6.57. The van der Waals surface area contributed by atoms with Gasteiger partial charge in [-0.1, -0.05) is 55.3 Å². The van der Waals surface area contributed by atoms with Crippen molar-refractivity contribution in [1.82, 2.24) is 10.2 Å². The Morgan fingerprint density at radius 2 is 1.42 bits per heavy atom. The lowest BCUT2D eigenvalue weighted by atomic mass is 10.0. The highest BCUT2D eigenvalue weighted by Crippen LogP contribution is 2.22. The maximum Gasteiger partial charge on any atom is 0.262 e. The van der Waals surface area contributed by atoms with E-state index < -0.39 is 0 Å². The van der Waals surface area contributed by atoms with Crippen LogP contribution >= 0.6 is 0 Å². The minimum Gasteiger partial charge on any atom is -0.484 e. The molecule has 7 nitrogen and oxygen atoms in total. The fourth-order valence-corrected chi connectivity index (χ4v) is 4.48. The Morgan fingerprint density at radius 1 is 0.737 bits per heavy atom. The number of ketones is 1. The minimum atomic E-state index is -0.274. The topological polar surface area (TPSA) is 84.4 Å². The highest BCUT2D eigenvalue weighted by molar-refractivity contribution is 6.09. The van der Waals surface area contributed by atoms with Crippen molar-refractivity contribution in [1.29, 1.82) is 0 Å². The molecule has 1 aromatic heterocycles. The molecular weight excluding hydrogens is 476 g/mol. The van der Waals surface area contributed by atoms with E-state index in [2.05, 4.69) is 20.4 Å². The summed E-state index contributed by atoms with van der Waals surface area (Å²) in [7, 11) is 0. The standard InChI is InChI=1S/C31H30N4O3/c36-30(22-38-27-16-12-25(13-17-27)31(37)24-8-4-3-5-9-24)32-26-14-10-23(11-15-26)28-18-19-29(34-33-28)35-20-6-1-2-7-21-35/h3-5,8-19H,1-2,6-7,20-22H2,(H,32,36). The van der Waals surface area contributed by atoms with E-state index in [9.17, 15) is 9.59 Å². The van der Waals surface area contributed by atoms with Crippen molar-refractivity contribution in [2.45, 2.75) is 25.7 Å². The summed E-state index contributed by atoms with van der Waals surface area (Å²) in [6.45, 7) is 1.92. The smallest absolute Gasteiger partial charge is 0.262 e. The molecule has 1 amide bonds. The average molecular weight is 507 g/mol. The van der Waals surface area contributed by atoms with E-state index in [0.29, 0.717) is 22.6 Å². The Kier molecular flexibility index (Phi) is 8.04. The molecule has 1 aliphatic heterocycles. The molecule has 0 bridgehead atoms. The van der Waals surface area contributed by atoms with E-state index >= 15 is 0 Å². The zero-order chi connectivity index (χ0) is 26.2. The second kappa shape index (κ2) is 12.1. The van der Waals surface area contributed by atoms with Gasteiger partial charge in [0.2, 0.25) is 0 Å². The molecule has 4 aromatic rings. The van der Waals surface area contributed by atoms with Crippen LogP contribution in [0.15, 0.2) is 91.0 Å². The van der Waals surface area contributed by atoms with Crippen LogP contribution in [-0.2, 0) is 4.79 Å². The Hall–Kier alpha value is -4.52. The van der Waals surface area contributed by atoms with Gasteiger partial charge in [-0.3, -0.25) is 9.59 Å². The van der Waals surface area contributed by atoms with Crippen molar-refractivity contribution >= 4 is 23.2 Å². The predicted octanol–water partition coefficient (Wildman–Crippen LogP) is 5.77. The summed E-state index contributed by atoms with van der Waals surface area (Å²) < 4.78 is 5.60. The third-order valence-electron chi connectivity index (χ3n) is 6.57. The summed E-state index contributed by atoms with van der Waals surface area (Å²) in [5.74, 6) is 1.11. The molecule has 1 N–H and O–H groups in total. The van der Waals surface area contributed by atoms with Crippen molar-refractivity contribution in [2.75, 3.05) is 29.9 Å². The molecule has 0 unspecified atom stereocenters. The van der Waals surface area contributed by atoms with E-state index in [1.165, 1.54) is 25.7 Å². The fraction of sp³-hybridized carbons (Fsp3) is 0.226. The van der Waals surface area contributed by atoms with Crippen LogP contribution in [0.4, 0.5) is 11.5 Å². The van der Waals surface area contributed by atoms with Gasteiger partial charge in [-0.05, 0) is 61.4 Å². The van der Waals surface area contributed by atoms with E-state index in [1.807, 2.05) is 54.6 Å². The SMILES string of the molecule is O=C(COc1ccc(C(=O)c2ccccc2)cc1)Nc1ccc(-c2ccc(N3CCCCCC3)nn2)cc1. The van der Waals surface area contributed by atoms with Crippen LogP contribution in [-0.4, -0.2) is 41.6 Å². The number of carbonyl (C=O) groups excluding carboxylic acids is 2. The fourth-order valence-electron chi connectivity index (χ4n) is 4.48. The second-order valence-corrected chi connectivity index (χ2v) is 9.31.